The zero-order valence-corrected chi connectivity index (χ0v) is 15.1. The van der Waals surface area contributed by atoms with Gasteiger partial charge in [0.15, 0.2) is 5.60 Å². The quantitative estimate of drug-likeness (QED) is 0.778. The molecular weight excluding hydrogens is 326 g/mol. The van der Waals surface area contributed by atoms with Gasteiger partial charge in [-0.25, -0.2) is 0 Å². The van der Waals surface area contributed by atoms with E-state index in [9.17, 15) is 9.59 Å². The predicted molar refractivity (Wildman–Crippen MR) is 89.2 cm³/mol. The Morgan fingerprint density at radius 2 is 1.80 bits per heavy atom. The Kier molecular flexibility index (Phi) is 6.17. The van der Waals surface area contributed by atoms with Crippen LogP contribution < -0.4 is 14.8 Å². The average Bonchev–Trinajstić information content (AvgIpc) is 2.55. The molecule has 138 valence electrons. The maximum Gasteiger partial charge on any atom is 0.303 e. The highest BCUT2D eigenvalue weighted by Gasteiger charge is 2.33. The van der Waals surface area contributed by atoms with Gasteiger partial charge < -0.3 is 19.5 Å². The van der Waals surface area contributed by atoms with Crippen LogP contribution in [-0.4, -0.2) is 46.7 Å². The Morgan fingerprint density at radius 3 is 2.40 bits per heavy atom. The molecule has 0 spiro atoms. The Bertz CT molecular complexity index is 612. The molecular formula is C17H25N3O5. The molecule has 1 aliphatic rings. The summed E-state index contributed by atoms with van der Waals surface area (Å²) in [5.74, 6) is 0.0800. The fraction of sp³-hybridized carbons (Fsp3) is 0.647. The number of esters is 1. The Morgan fingerprint density at radius 1 is 1.16 bits per heavy atom. The van der Waals surface area contributed by atoms with E-state index < -0.39 is 11.6 Å². The molecule has 8 nitrogen and oxygen atoms in total. The molecule has 0 unspecified atom stereocenters. The van der Waals surface area contributed by atoms with Gasteiger partial charge in [0.25, 0.3) is 5.91 Å². The summed E-state index contributed by atoms with van der Waals surface area (Å²) in [6.07, 6.45) is 6.24. The van der Waals surface area contributed by atoms with Crippen molar-refractivity contribution < 1.29 is 23.8 Å². The molecule has 1 aliphatic carbocycles. The van der Waals surface area contributed by atoms with Crippen LogP contribution in [0.2, 0.25) is 0 Å². The lowest BCUT2D eigenvalue weighted by atomic mass is 9.92. The number of hydrogen-bond acceptors (Lipinski definition) is 7. The highest BCUT2D eigenvalue weighted by Crippen LogP contribution is 2.24. The normalized spacial score (nSPS) is 20.5. The number of ether oxygens (including phenoxy) is 3. The predicted octanol–water partition coefficient (Wildman–Crippen LogP) is 1.63. The first-order valence-corrected chi connectivity index (χ1v) is 8.33. The molecule has 0 aliphatic heterocycles. The maximum atomic E-state index is 12.3. The van der Waals surface area contributed by atoms with E-state index in [0.29, 0.717) is 11.8 Å². The zero-order chi connectivity index (χ0) is 18.4. The third-order valence-corrected chi connectivity index (χ3v) is 4.04. The lowest BCUT2D eigenvalue weighted by Gasteiger charge is -2.31. The first kappa shape index (κ1) is 19.0. The van der Waals surface area contributed by atoms with Gasteiger partial charge in [-0.15, -0.1) is 0 Å². The summed E-state index contributed by atoms with van der Waals surface area (Å²) in [6, 6.07) is 0.0403. The summed E-state index contributed by atoms with van der Waals surface area (Å²) < 4.78 is 15.9. The SMILES string of the molecule is COc1cncc(OC2CCC(NC(=O)C(C)(C)OC(C)=O)CC2)n1. The zero-order valence-electron chi connectivity index (χ0n) is 15.1. The van der Waals surface area contributed by atoms with E-state index in [1.54, 1.807) is 20.0 Å². The van der Waals surface area contributed by atoms with E-state index in [-0.39, 0.29) is 18.1 Å². The van der Waals surface area contributed by atoms with Crippen LogP contribution in [0.5, 0.6) is 11.8 Å². The first-order valence-electron chi connectivity index (χ1n) is 8.33. The van der Waals surface area contributed by atoms with Crippen LogP contribution in [0, 0.1) is 0 Å². The summed E-state index contributed by atoms with van der Waals surface area (Å²) in [7, 11) is 1.53. The fourth-order valence-corrected chi connectivity index (χ4v) is 2.75. The highest BCUT2D eigenvalue weighted by molar-refractivity contribution is 5.86. The Hall–Kier alpha value is -2.38. The minimum Gasteiger partial charge on any atom is -0.480 e. The molecule has 8 heteroatoms. The summed E-state index contributed by atoms with van der Waals surface area (Å²) in [6.45, 7) is 4.46. The second kappa shape index (κ2) is 8.13. The van der Waals surface area contributed by atoms with E-state index in [1.807, 2.05) is 0 Å². The lowest BCUT2D eigenvalue weighted by Crippen LogP contribution is -2.50. The number of methoxy groups -OCH3 is 1. The van der Waals surface area contributed by atoms with Crippen molar-refractivity contribution >= 4 is 11.9 Å². The number of aromatic nitrogens is 2. The number of carbonyl (C=O) groups is 2. The first-order chi connectivity index (χ1) is 11.8. The molecule has 1 N–H and O–H groups in total. The van der Waals surface area contributed by atoms with Crippen LogP contribution in [0.25, 0.3) is 0 Å². The molecule has 0 radical (unpaired) electrons. The summed E-state index contributed by atoms with van der Waals surface area (Å²) in [4.78, 5) is 31.5. The van der Waals surface area contributed by atoms with Gasteiger partial charge in [-0.05, 0) is 39.5 Å². The van der Waals surface area contributed by atoms with Crippen molar-refractivity contribution in [3.63, 3.8) is 0 Å². The van der Waals surface area contributed by atoms with Crippen molar-refractivity contribution in [3.05, 3.63) is 12.4 Å². The van der Waals surface area contributed by atoms with Gasteiger partial charge in [-0.1, -0.05) is 0 Å². The van der Waals surface area contributed by atoms with Crippen molar-refractivity contribution in [3.8, 4) is 11.8 Å². The van der Waals surface area contributed by atoms with E-state index in [0.717, 1.165) is 25.7 Å². The van der Waals surface area contributed by atoms with Gasteiger partial charge in [0.1, 0.15) is 6.10 Å². The van der Waals surface area contributed by atoms with Gasteiger partial charge in [0.05, 0.1) is 19.5 Å². The van der Waals surface area contributed by atoms with Gasteiger partial charge in [0.2, 0.25) is 11.8 Å². The molecule has 2 rings (SSSR count). The summed E-state index contributed by atoms with van der Waals surface area (Å²) in [5.41, 5.74) is -1.17. The van der Waals surface area contributed by atoms with E-state index in [4.69, 9.17) is 14.2 Å². The van der Waals surface area contributed by atoms with Gasteiger partial charge >= 0.3 is 5.97 Å². The minimum absolute atomic E-state index is 0.0241. The highest BCUT2D eigenvalue weighted by atomic mass is 16.6. The molecule has 1 amide bonds. The van der Waals surface area contributed by atoms with E-state index in [1.165, 1.54) is 20.2 Å². The minimum atomic E-state index is -1.17. The third kappa shape index (κ3) is 5.58. The molecule has 0 aromatic carbocycles. The van der Waals surface area contributed by atoms with E-state index in [2.05, 4.69) is 15.3 Å². The number of hydrogen-bond donors (Lipinski definition) is 1. The number of carbonyl (C=O) groups excluding carboxylic acids is 2. The second-order valence-corrected chi connectivity index (χ2v) is 6.57. The van der Waals surface area contributed by atoms with Crippen molar-refractivity contribution in [2.24, 2.45) is 0 Å². The van der Waals surface area contributed by atoms with Crippen LogP contribution >= 0.6 is 0 Å². The number of nitrogens with zero attached hydrogens (tertiary/aromatic N) is 2. The van der Waals surface area contributed by atoms with Crippen molar-refractivity contribution in [1.29, 1.82) is 0 Å². The monoisotopic (exact) mass is 351 g/mol. The van der Waals surface area contributed by atoms with E-state index >= 15 is 0 Å². The summed E-state index contributed by atoms with van der Waals surface area (Å²) in [5, 5.41) is 2.95. The van der Waals surface area contributed by atoms with Crippen molar-refractivity contribution in [2.75, 3.05) is 7.11 Å². The molecule has 1 saturated carbocycles. The van der Waals surface area contributed by atoms with Gasteiger partial charge in [-0.3, -0.25) is 14.6 Å². The molecule has 1 aromatic rings. The molecule has 1 fully saturated rings. The molecule has 1 aromatic heterocycles. The Labute approximate surface area is 147 Å². The summed E-state index contributed by atoms with van der Waals surface area (Å²) >= 11 is 0. The number of amides is 1. The molecule has 0 atom stereocenters. The molecule has 0 bridgehead atoms. The van der Waals surface area contributed by atoms with Crippen molar-refractivity contribution in [1.82, 2.24) is 15.3 Å². The van der Waals surface area contributed by atoms with Gasteiger partial charge in [-0.2, -0.15) is 4.98 Å². The second-order valence-electron chi connectivity index (χ2n) is 6.57. The number of nitrogens with one attached hydrogen (secondary N) is 1. The molecule has 1 heterocycles. The fourth-order valence-electron chi connectivity index (χ4n) is 2.75. The third-order valence-electron chi connectivity index (χ3n) is 4.04. The smallest absolute Gasteiger partial charge is 0.303 e. The maximum absolute atomic E-state index is 12.3. The van der Waals surface area contributed by atoms with Crippen LogP contribution in [0.15, 0.2) is 12.4 Å². The standard InChI is InChI=1S/C17H25N3O5/c1-11(21)25-17(2,3)16(22)19-12-5-7-13(8-6-12)24-15-10-18-9-14(20-15)23-4/h9-10,12-13H,5-8H2,1-4H3,(H,19,22). The Balaban J connectivity index is 1.81. The van der Waals surface area contributed by atoms with Crippen molar-refractivity contribution in [2.45, 2.75) is 64.2 Å². The average molecular weight is 351 g/mol. The van der Waals surface area contributed by atoms with Crippen LogP contribution in [0.1, 0.15) is 46.5 Å². The molecule has 0 saturated heterocycles. The largest absolute Gasteiger partial charge is 0.480 e. The van der Waals surface area contributed by atoms with Crippen LogP contribution in [0.4, 0.5) is 0 Å². The van der Waals surface area contributed by atoms with Gasteiger partial charge in [0, 0.05) is 13.0 Å². The van der Waals surface area contributed by atoms with Crippen LogP contribution in [0.3, 0.4) is 0 Å². The van der Waals surface area contributed by atoms with Crippen LogP contribution in [-0.2, 0) is 14.3 Å². The topological polar surface area (TPSA) is 99.6 Å². The lowest BCUT2D eigenvalue weighted by molar-refractivity contribution is -0.163. The number of rotatable bonds is 6. The molecule has 25 heavy (non-hydrogen) atoms.